The number of piperidine rings is 2. The molecule has 0 spiro atoms. The van der Waals surface area contributed by atoms with Gasteiger partial charge in [-0.25, -0.2) is 0 Å². The number of rotatable bonds is 0. The molecule has 3 heteroatoms. The van der Waals surface area contributed by atoms with Gasteiger partial charge in [0.05, 0.1) is 26.2 Å². The van der Waals surface area contributed by atoms with E-state index in [-0.39, 0.29) is 0 Å². The molecule has 15 heavy (non-hydrogen) atoms. The Morgan fingerprint density at radius 1 is 0.933 bits per heavy atom. The summed E-state index contributed by atoms with van der Waals surface area (Å²) in [7, 11) is 0. The largest absolute Gasteiger partial charge is 0.308 e. The highest BCUT2D eigenvalue weighted by molar-refractivity contribution is 8.12. The molecular weight excluding hydrogens is 204 g/mol. The summed E-state index contributed by atoms with van der Waals surface area (Å²) in [6.07, 6.45) is 10.6. The number of likely N-dealkylation sites (tertiary alicyclic amines) is 1. The second kappa shape index (κ2) is 5.78. The smallest absolute Gasteiger partial charge is 0.256 e. The zero-order valence-electron chi connectivity index (χ0n) is 9.87. The van der Waals surface area contributed by atoms with E-state index in [1.54, 1.807) is 5.17 Å². The lowest BCUT2D eigenvalue weighted by Gasteiger charge is -2.26. The molecule has 0 bridgehead atoms. The molecule has 0 radical (unpaired) electrons. The second-order valence-corrected chi connectivity index (χ2v) is 5.36. The Kier molecular flexibility index (Phi) is 4.36. The first-order valence-electron chi connectivity index (χ1n) is 6.32. The van der Waals surface area contributed by atoms with Crippen molar-refractivity contribution in [2.45, 2.75) is 38.5 Å². The summed E-state index contributed by atoms with van der Waals surface area (Å²) < 4.78 is 2.61. The van der Waals surface area contributed by atoms with E-state index in [1.807, 2.05) is 11.8 Å². The van der Waals surface area contributed by atoms with Crippen LogP contribution in [0.2, 0.25) is 0 Å². The van der Waals surface area contributed by atoms with Crippen molar-refractivity contribution in [3.63, 3.8) is 0 Å². The minimum Gasteiger partial charge on any atom is -0.256 e. The van der Waals surface area contributed by atoms with Crippen LogP contribution in [0.15, 0.2) is 0 Å². The Hall–Kier alpha value is -0.180. The third-order valence-corrected chi connectivity index (χ3v) is 4.32. The fourth-order valence-corrected chi connectivity index (χ4v) is 3.51. The number of hydrogen-bond donors (Lipinski definition) is 0. The lowest BCUT2D eigenvalue weighted by molar-refractivity contribution is -0.539. The molecule has 2 rings (SSSR count). The predicted molar refractivity (Wildman–Crippen MR) is 67.8 cm³/mol. The summed E-state index contributed by atoms with van der Waals surface area (Å²) in [5, 5.41) is 1.55. The SMILES string of the molecule is CSC(N1CCCCC1)=[N+]1CCCCC1. The minimum atomic E-state index is 1.28. The molecule has 2 fully saturated rings. The maximum absolute atomic E-state index is 2.61. The molecule has 2 aliphatic heterocycles. The Morgan fingerprint density at radius 3 is 2.13 bits per heavy atom. The van der Waals surface area contributed by atoms with Gasteiger partial charge in [0.1, 0.15) is 0 Å². The third-order valence-electron chi connectivity index (χ3n) is 3.44. The Balaban J connectivity index is 2.05. The van der Waals surface area contributed by atoms with Crippen LogP contribution in [0.1, 0.15) is 38.5 Å². The van der Waals surface area contributed by atoms with Gasteiger partial charge in [0.15, 0.2) is 0 Å². The molecular formula is C12H23N2S+. The van der Waals surface area contributed by atoms with E-state index in [4.69, 9.17) is 0 Å². The van der Waals surface area contributed by atoms with Gasteiger partial charge in [0, 0.05) is 0 Å². The topological polar surface area (TPSA) is 6.25 Å². The highest BCUT2D eigenvalue weighted by Crippen LogP contribution is 2.16. The fraction of sp³-hybridized carbons (Fsp3) is 0.917. The molecule has 2 heterocycles. The lowest BCUT2D eigenvalue weighted by Crippen LogP contribution is -2.41. The van der Waals surface area contributed by atoms with Crippen LogP contribution in [-0.4, -0.2) is 47.1 Å². The summed E-state index contributed by atoms with van der Waals surface area (Å²) >= 11 is 1.95. The van der Waals surface area contributed by atoms with Gasteiger partial charge < -0.3 is 0 Å². The molecule has 0 aromatic rings. The van der Waals surface area contributed by atoms with Crippen LogP contribution >= 0.6 is 11.8 Å². The summed E-state index contributed by atoms with van der Waals surface area (Å²) in [5.41, 5.74) is 0. The van der Waals surface area contributed by atoms with Crippen LogP contribution in [0, 0.1) is 0 Å². The van der Waals surface area contributed by atoms with Gasteiger partial charge in [0.25, 0.3) is 0 Å². The molecule has 0 saturated carbocycles. The van der Waals surface area contributed by atoms with Crippen LogP contribution in [0.25, 0.3) is 0 Å². The van der Waals surface area contributed by atoms with E-state index in [0.717, 1.165) is 0 Å². The quantitative estimate of drug-likeness (QED) is 0.463. The van der Waals surface area contributed by atoms with E-state index in [1.165, 1.54) is 64.7 Å². The minimum absolute atomic E-state index is 1.28. The molecule has 0 aromatic heterocycles. The molecule has 2 aliphatic rings. The van der Waals surface area contributed by atoms with Gasteiger partial charge in [-0.05, 0) is 56.5 Å². The Morgan fingerprint density at radius 2 is 1.53 bits per heavy atom. The summed E-state index contributed by atoms with van der Waals surface area (Å²) in [4.78, 5) is 2.61. The van der Waals surface area contributed by atoms with E-state index < -0.39 is 0 Å². The van der Waals surface area contributed by atoms with Gasteiger partial charge in [0.2, 0.25) is 0 Å². The van der Waals surface area contributed by atoms with Gasteiger partial charge in [-0.15, -0.1) is 0 Å². The lowest BCUT2D eigenvalue weighted by atomic mass is 10.1. The molecule has 0 aromatic carbocycles. The highest BCUT2D eigenvalue weighted by atomic mass is 32.2. The molecule has 0 aliphatic carbocycles. The van der Waals surface area contributed by atoms with E-state index in [0.29, 0.717) is 0 Å². The van der Waals surface area contributed by atoms with Crippen LogP contribution < -0.4 is 0 Å². The molecule has 0 N–H and O–H groups in total. The van der Waals surface area contributed by atoms with Crippen molar-refractivity contribution >= 4 is 16.9 Å². The second-order valence-electron chi connectivity index (χ2n) is 4.58. The fourth-order valence-electron chi connectivity index (χ4n) is 2.63. The molecule has 2 saturated heterocycles. The number of amidine groups is 1. The summed E-state index contributed by atoms with van der Waals surface area (Å²) in [5.74, 6) is 0. The number of nitrogens with zero attached hydrogens (tertiary/aromatic N) is 2. The average Bonchev–Trinajstić information content (AvgIpc) is 2.33. The van der Waals surface area contributed by atoms with Crippen LogP contribution in [-0.2, 0) is 0 Å². The molecule has 0 amide bonds. The monoisotopic (exact) mass is 227 g/mol. The van der Waals surface area contributed by atoms with Crippen molar-refractivity contribution in [3.05, 3.63) is 0 Å². The molecule has 86 valence electrons. The van der Waals surface area contributed by atoms with Crippen LogP contribution in [0.3, 0.4) is 0 Å². The first-order valence-corrected chi connectivity index (χ1v) is 7.55. The average molecular weight is 227 g/mol. The van der Waals surface area contributed by atoms with E-state index in [2.05, 4.69) is 15.7 Å². The van der Waals surface area contributed by atoms with Gasteiger partial charge in [-0.2, -0.15) is 0 Å². The maximum Gasteiger partial charge on any atom is 0.308 e. The van der Waals surface area contributed by atoms with Crippen molar-refractivity contribution in [1.29, 1.82) is 0 Å². The van der Waals surface area contributed by atoms with Crippen molar-refractivity contribution in [3.8, 4) is 0 Å². The van der Waals surface area contributed by atoms with E-state index >= 15 is 0 Å². The van der Waals surface area contributed by atoms with Gasteiger partial charge in [-0.3, -0.25) is 9.48 Å². The summed E-state index contributed by atoms with van der Waals surface area (Å²) in [6.45, 7) is 5.14. The summed E-state index contributed by atoms with van der Waals surface area (Å²) in [6, 6.07) is 0. The van der Waals surface area contributed by atoms with Gasteiger partial charge in [-0.1, -0.05) is 0 Å². The maximum atomic E-state index is 2.61. The van der Waals surface area contributed by atoms with Crippen molar-refractivity contribution in [1.82, 2.24) is 4.90 Å². The predicted octanol–water partition coefficient (Wildman–Crippen LogP) is 2.39. The highest BCUT2D eigenvalue weighted by Gasteiger charge is 2.25. The normalized spacial score (nSPS) is 23.0. The van der Waals surface area contributed by atoms with Crippen molar-refractivity contribution in [2.24, 2.45) is 0 Å². The van der Waals surface area contributed by atoms with E-state index in [9.17, 15) is 0 Å². The third kappa shape index (κ3) is 2.90. The van der Waals surface area contributed by atoms with Crippen LogP contribution in [0.5, 0.6) is 0 Å². The zero-order valence-corrected chi connectivity index (χ0v) is 10.7. The van der Waals surface area contributed by atoms with Crippen LogP contribution in [0.4, 0.5) is 0 Å². The van der Waals surface area contributed by atoms with Crippen molar-refractivity contribution in [2.75, 3.05) is 32.4 Å². The number of thioether (sulfide) groups is 1. The molecule has 0 unspecified atom stereocenters. The first kappa shape index (κ1) is 11.3. The standard InChI is InChI=1S/C12H23N2S/c1-15-12(13-8-4-2-5-9-13)14-10-6-3-7-11-14/h2-11H2,1H3/q+1. The van der Waals surface area contributed by atoms with Crippen molar-refractivity contribution < 1.29 is 4.58 Å². The number of hydrogen-bond acceptors (Lipinski definition) is 1. The Labute approximate surface area is 97.7 Å². The zero-order chi connectivity index (χ0) is 10.5. The molecule has 0 atom stereocenters. The molecule has 2 nitrogen and oxygen atoms in total. The van der Waals surface area contributed by atoms with Gasteiger partial charge >= 0.3 is 5.17 Å². The Bertz CT molecular complexity index is 224. The first-order chi connectivity index (χ1) is 7.42.